The summed E-state index contributed by atoms with van der Waals surface area (Å²) in [4.78, 5) is 4.73. The number of alkyl halides is 1. The summed E-state index contributed by atoms with van der Waals surface area (Å²) in [5.74, 6) is 5.58. The molecule has 3 rings (SSSR count). The second-order valence-corrected chi connectivity index (χ2v) is 7.57. The van der Waals surface area contributed by atoms with Crippen molar-refractivity contribution in [3.8, 4) is 0 Å². The fraction of sp³-hybridized carbons (Fsp3) is 0.500. The first kappa shape index (κ1) is 13.7. The number of aryl methyl sites for hydroxylation is 1. The highest BCUT2D eigenvalue weighted by atomic mass is 35.5. The van der Waals surface area contributed by atoms with Gasteiger partial charge in [0, 0.05) is 41.4 Å². The molecule has 1 aliphatic rings. The van der Waals surface area contributed by atoms with Crippen molar-refractivity contribution in [3.05, 3.63) is 30.1 Å². The molecule has 0 amide bonds. The first-order chi connectivity index (χ1) is 9.38. The Kier molecular flexibility index (Phi) is 4.61. The third-order valence-corrected chi connectivity index (χ3v) is 6.34. The van der Waals surface area contributed by atoms with E-state index in [9.17, 15) is 0 Å². The molecule has 19 heavy (non-hydrogen) atoms. The summed E-state index contributed by atoms with van der Waals surface area (Å²) in [7, 11) is 0. The third-order valence-electron chi connectivity index (χ3n) is 3.32. The van der Waals surface area contributed by atoms with Crippen molar-refractivity contribution in [2.75, 3.05) is 23.1 Å². The molecule has 2 heterocycles. The molecular formula is C14H17ClN2S2. The van der Waals surface area contributed by atoms with Gasteiger partial charge in [-0.25, -0.2) is 4.98 Å². The molecule has 0 saturated carbocycles. The van der Waals surface area contributed by atoms with E-state index in [-0.39, 0.29) is 0 Å². The Bertz CT molecular complexity index is 549. The average Bonchev–Trinajstić information content (AvgIpc) is 2.79. The molecule has 0 bridgehead atoms. The van der Waals surface area contributed by atoms with Gasteiger partial charge in [-0.05, 0) is 12.1 Å². The molecule has 1 aliphatic heterocycles. The summed E-state index contributed by atoms with van der Waals surface area (Å²) in [5.41, 5.74) is 2.34. The summed E-state index contributed by atoms with van der Waals surface area (Å²) >= 11 is 10.1. The second kappa shape index (κ2) is 6.42. The highest BCUT2D eigenvalue weighted by molar-refractivity contribution is 8.06. The van der Waals surface area contributed by atoms with Crippen LogP contribution in [-0.2, 0) is 13.0 Å². The number of rotatable bonds is 4. The molecule has 5 heteroatoms. The lowest BCUT2D eigenvalue weighted by Gasteiger charge is -2.22. The Morgan fingerprint density at radius 3 is 3.00 bits per heavy atom. The number of imidazole rings is 1. The van der Waals surface area contributed by atoms with Crippen LogP contribution < -0.4 is 0 Å². The van der Waals surface area contributed by atoms with Gasteiger partial charge in [0.1, 0.15) is 5.82 Å². The van der Waals surface area contributed by atoms with Crippen LogP contribution in [0, 0.1) is 0 Å². The zero-order chi connectivity index (χ0) is 13.1. The SMILES string of the molecule is ClCCc1nc2ccccc2n1CC1CSCCS1. The van der Waals surface area contributed by atoms with Crippen LogP contribution in [0.25, 0.3) is 11.0 Å². The van der Waals surface area contributed by atoms with Gasteiger partial charge in [-0.1, -0.05) is 12.1 Å². The maximum Gasteiger partial charge on any atom is 0.111 e. The number of aromatic nitrogens is 2. The van der Waals surface area contributed by atoms with Crippen LogP contribution in [0.5, 0.6) is 0 Å². The van der Waals surface area contributed by atoms with Gasteiger partial charge in [-0.15, -0.1) is 11.6 Å². The first-order valence-electron chi connectivity index (χ1n) is 6.58. The van der Waals surface area contributed by atoms with Crippen LogP contribution >= 0.6 is 35.1 Å². The van der Waals surface area contributed by atoms with Crippen LogP contribution in [0.2, 0.25) is 0 Å². The summed E-state index contributed by atoms with van der Waals surface area (Å²) in [6.07, 6.45) is 0.848. The highest BCUT2D eigenvalue weighted by Crippen LogP contribution is 2.27. The van der Waals surface area contributed by atoms with Crippen molar-refractivity contribution in [1.29, 1.82) is 0 Å². The number of benzene rings is 1. The van der Waals surface area contributed by atoms with Gasteiger partial charge in [0.2, 0.25) is 0 Å². The normalized spacial score (nSPS) is 19.9. The molecule has 102 valence electrons. The molecule has 1 fully saturated rings. The largest absolute Gasteiger partial charge is 0.327 e. The lowest BCUT2D eigenvalue weighted by molar-refractivity contribution is 0.674. The van der Waals surface area contributed by atoms with Crippen molar-refractivity contribution in [1.82, 2.24) is 9.55 Å². The third kappa shape index (κ3) is 3.06. The van der Waals surface area contributed by atoms with Gasteiger partial charge >= 0.3 is 0 Å². The second-order valence-electron chi connectivity index (χ2n) is 4.63. The Labute approximate surface area is 127 Å². The van der Waals surface area contributed by atoms with Crippen LogP contribution in [-0.4, -0.2) is 37.9 Å². The molecule has 1 aromatic heterocycles. The number of nitrogens with zero attached hydrogens (tertiary/aromatic N) is 2. The topological polar surface area (TPSA) is 17.8 Å². The molecule has 1 unspecified atom stereocenters. The number of hydrogen-bond acceptors (Lipinski definition) is 3. The number of hydrogen-bond donors (Lipinski definition) is 0. The van der Waals surface area contributed by atoms with Gasteiger partial charge in [0.05, 0.1) is 11.0 Å². The standard InChI is InChI=1S/C14H17ClN2S2/c15-6-5-14-16-12-3-1-2-4-13(12)17(14)9-11-10-18-7-8-19-11/h1-4,11H,5-10H2. The maximum atomic E-state index is 5.92. The monoisotopic (exact) mass is 312 g/mol. The minimum absolute atomic E-state index is 0.635. The number of para-hydroxylation sites is 2. The lowest BCUT2D eigenvalue weighted by Crippen LogP contribution is -2.21. The molecule has 0 N–H and O–H groups in total. The van der Waals surface area contributed by atoms with Crippen molar-refractivity contribution >= 4 is 46.2 Å². The van der Waals surface area contributed by atoms with Crippen LogP contribution in [0.3, 0.4) is 0 Å². The van der Waals surface area contributed by atoms with E-state index in [1.807, 2.05) is 0 Å². The number of thioether (sulfide) groups is 2. The van der Waals surface area contributed by atoms with E-state index in [1.165, 1.54) is 22.8 Å². The van der Waals surface area contributed by atoms with Crippen LogP contribution in [0.4, 0.5) is 0 Å². The number of fused-ring (bicyclic) bond motifs is 1. The Morgan fingerprint density at radius 2 is 2.21 bits per heavy atom. The van der Waals surface area contributed by atoms with E-state index in [2.05, 4.69) is 52.4 Å². The first-order valence-corrected chi connectivity index (χ1v) is 9.32. The fourth-order valence-electron chi connectivity index (χ4n) is 2.45. The summed E-state index contributed by atoms with van der Waals surface area (Å²) in [6.45, 7) is 1.06. The smallest absolute Gasteiger partial charge is 0.111 e. The predicted octanol–water partition coefficient (Wildman–Crippen LogP) is 3.67. The molecule has 2 aromatic rings. The predicted molar refractivity (Wildman–Crippen MR) is 87.7 cm³/mol. The van der Waals surface area contributed by atoms with Gasteiger partial charge in [0.25, 0.3) is 0 Å². The van der Waals surface area contributed by atoms with E-state index in [4.69, 9.17) is 16.6 Å². The molecule has 1 atom stereocenters. The Hall–Kier alpha value is -0.320. The maximum absolute atomic E-state index is 5.92. The van der Waals surface area contributed by atoms with Gasteiger partial charge in [0.15, 0.2) is 0 Å². The molecule has 2 nitrogen and oxygen atoms in total. The quantitative estimate of drug-likeness (QED) is 0.802. The molecule has 0 radical (unpaired) electrons. The molecule has 1 aromatic carbocycles. The molecular weight excluding hydrogens is 296 g/mol. The van der Waals surface area contributed by atoms with Gasteiger partial charge in [-0.2, -0.15) is 23.5 Å². The average molecular weight is 313 g/mol. The zero-order valence-corrected chi connectivity index (χ0v) is 13.1. The van der Waals surface area contributed by atoms with Crippen molar-refractivity contribution in [3.63, 3.8) is 0 Å². The van der Waals surface area contributed by atoms with Gasteiger partial charge in [-0.3, -0.25) is 0 Å². The van der Waals surface area contributed by atoms with E-state index < -0.39 is 0 Å². The van der Waals surface area contributed by atoms with Crippen molar-refractivity contribution in [2.45, 2.75) is 18.2 Å². The summed E-state index contributed by atoms with van der Waals surface area (Å²) in [6, 6.07) is 8.40. The number of halogens is 1. The van der Waals surface area contributed by atoms with Gasteiger partial charge < -0.3 is 4.57 Å². The van der Waals surface area contributed by atoms with E-state index in [0.717, 1.165) is 24.3 Å². The van der Waals surface area contributed by atoms with Crippen molar-refractivity contribution in [2.24, 2.45) is 0 Å². The lowest BCUT2D eigenvalue weighted by atomic mass is 10.3. The zero-order valence-electron chi connectivity index (χ0n) is 10.7. The van der Waals surface area contributed by atoms with E-state index in [1.54, 1.807) is 0 Å². The minimum Gasteiger partial charge on any atom is -0.327 e. The van der Waals surface area contributed by atoms with Crippen LogP contribution in [0.15, 0.2) is 24.3 Å². The van der Waals surface area contributed by atoms with E-state index >= 15 is 0 Å². The molecule has 1 saturated heterocycles. The molecule has 0 spiro atoms. The van der Waals surface area contributed by atoms with Crippen LogP contribution in [0.1, 0.15) is 5.82 Å². The summed E-state index contributed by atoms with van der Waals surface area (Å²) < 4.78 is 2.38. The summed E-state index contributed by atoms with van der Waals surface area (Å²) in [5, 5.41) is 0.699. The van der Waals surface area contributed by atoms with Crippen molar-refractivity contribution < 1.29 is 0 Å². The Balaban J connectivity index is 1.92. The fourth-order valence-corrected chi connectivity index (χ4v) is 5.27. The molecule has 0 aliphatic carbocycles. The minimum atomic E-state index is 0.635. The highest BCUT2D eigenvalue weighted by Gasteiger charge is 2.18. The Morgan fingerprint density at radius 1 is 1.32 bits per heavy atom. The van der Waals surface area contributed by atoms with E-state index in [0.29, 0.717) is 11.1 Å².